The molecule has 1 fully saturated rings. The predicted molar refractivity (Wildman–Crippen MR) is 77.1 cm³/mol. The molecule has 0 aromatic heterocycles. The van der Waals surface area contributed by atoms with Crippen LogP contribution in [-0.4, -0.2) is 41.8 Å². The normalized spacial score (nSPS) is 19.7. The number of nitrogens with zero attached hydrogens (tertiary/aromatic N) is 1. The van der Waals surface area contributed by atoms with Crippen LogP contribution in [0, 0.1) is 0 Å². The van der Waals surface area contributed by atoms with Gasteiger partial charge in [0.1, 0.15) is 6.04 Å². The van der Waals surface area contributed by atoms with Crippen molar-refractivity contribution < 1.29 is 14.4 Å². The number of nitrogens with two attached hydrogens (primary N) is 1. The summed E-state index contributed by atoms with van der Waals surface area (Å²) in [6, 6.07) is 8.25. The number of benzene rings is 1. The van der Waals surface area contributed by atoms with E-state index < -0.39 is 18.0 Å². The second-order valence-corrected chi connectivity index (χ2v) is 5.19. The van der Waals surface area contributed by atoms with E-state index in [0.29, 0.717) is 12.8 Å². The first kappa shape index (κ1) is 15.2. The van der Waals surface area contributed by atoms with Crippen molar-refractivity contribution in [3.63, 3.8) is 0 Å². The number of aryl methyl sites for hydroxylation is 1. The Bertz CT molecular complexity index is 544. The quantitative estimate of drug-likeness (QED) is 0.735. The second kappa shape index (κ2) is 6.49. The van der Waals surface area contributed by atoms with E-state index in [9.17, 15) is 14.4 Å². The van der Waals surface area contributed by atoms with Gasteiger partial charge in [0, 0.05) is 7.05 Å². The summed E-state index contributed by atoms with van der Waals surface area (Å²) in [5, 5.41) is 2.55. The smallest absolute Gasteiger partial charge is 0.252 e. The van der Waals surface area contributed by atoms with Gasteiger partial charge in [0.15, 0.2) is 0 Å². The zero-order chi connectivity index (χ0) is 15.4. The molecule has 1 heterocycles. The van der Waals surface area contributed by atoms with Gasteiger partial charge in [0.25, 0.3) is 5.91 Å². The maximum Gasteiger partial charge on any atom is 0.252 e. The lowest BCUT2D eigenvalue weighted by atomic mass is 10.0. The van der Waals surface area contributed by atoms with Gasteiger partial charge in [-0.05, 0) is 18.4 Å². The van der Waals surface area contributed by atoms with Crippen LogP contribution in [0.3, 0.4) is 0 Å². The number of likely N-dealkylation sites (N-methyl/N-ethyl adjacent to an activating group) is 1. The van der Waals surface area contributed by atoms with Crippen LogP contribution in [0.15, 0.2) is 30.3 Å². The van der Waals surface area contributed by atoms with E-state index in [2.05, 4.69) is 5.32 Å². The summed E-state index contributed by atoms with van der Waals surface area (Å²) in [6.07, 6.45) is 1.18. The first-order valence-electron chi connectivity index (χ1n) is 6.89. The molecule has 1 unspecified atom stereocenters. The van der Waals surface area contributed by atoms with Crippen LogP contribution in [0.4, 0.5) is 0 Å². The maximum absolute atomic E-state index is 12.0. The van der Waals surface area contributed by atoms with E-state index >= 15 is 0 Å². The Hall–Kier alpha value is -2.21. The van der Waals surface area contributed by atoms with Crippen LogP contribution in [0.2, 0.25) is 0 Å². The summed E-state index contributed by atoms with van der Waals surface area (Å²) in [5.74, 6) is -1.07. The molecule has 0 saturated carbocycles. The van der Waals surface area contributed by atoms with Crippen LogP contribution in [0.5, 0.6) is 0 Å². The number of rotatable bonds is 5. The lowest BCUT2D eigenvalue weighted by Gasteiger charge is -2.15. The summed E-state index contributed by atoms with van der Waals surface area (Å²) >= 11 is 0. The summed E-state index contributed by atoms with van der Waals surface area (Å²) in [5.41, 5.74) is 6.94. The fraction of sp³-hybridized carbons (Fsp3) is 0.400. The molecular weight excluding hydrogens is 270 g/mol. The van der Waals surface area contributed by atoms with Gasteiger partial charge in [-0.15, -0.1) is 0 Å². The molecule has 0 spiro atoms. The molecule has 1 saturated heterocycles. The molecule has 21 heavy (non-hydrogen) atoms. The van der Waals surface area contributed by atoms with Crippen molar-refractivity contribution in [2.24, 2.45) is 5.73 Å². The molecule has 6 heteroatoms. The van der Waals surface area contributed by atoms with Crippen molar-refractivity contribution in [3.05, 3.63) is 35.9 Å². The highest BCUT2D eigenvalue weighted by Gasteiger charge is 2.37. The second-order valence-electron chi connectivity index (χ2n) is 5.19. The third kappa shape index (κ3) is 3.66. The molecule has 1 aromatic rings. The van der Waals surface area contributed by atoms with Gasteiger partial charge in [0.2, 0.25) is 11.8 Å². The van der Waals surface area contributed by atoms with E-state index in [1.807, 2.05) is 30.3 Å². The van der Waals surface area contributed by atoms with Gasteiger partial charge >= 0.3 is 0 Å². The van der Waals surface area contributed by atoms with Crippen molar-refractivity contribution in [1.29, 1.82) is 0 Å². The fourth-order valence-corrected chi connectivity index (χ4v) is 2.24. The van der Waals surface area contributed by atoms with E-state index in [1.54, 1.807) is 0 Å². The third-order valence-corrected chi connectivity index (χ3v) is 3.62. The van der Waals surface area contributed by atoms with E-state index in [1.165, 1.54) is 7.05 Å². The van der Waals surface area contributed by atoms with E-state index in [0.717, 1.165) is 10.5 Å². The lowest BCUT2D eigenvalue weighted by molar-refractivity contribution is -0.138. The Balaban J connectivity index is 1.83. The number of hydrogen-bond acceptors (Lipinski definition) is 4. The number of carbonyl (C=O) groups is 3. The average Bonchev–Trinajstić information content (AvgIpc) is 2.73. The monoisotopic (exact) mass is 289 g/mol. The Kier molecular flexibility index (Phi) is 4.70. The number of carbonyl (C=O) groups excluding carboxylic acids is 3. The van der Waals surface area contributed by atoms with Crippen molar-refractivity contribution in [3.8, 4) is 0 Å². The first-order chi connectivity index (χ1) is 9.99. The SMILES string of the molecule is CN1C(=O)CC(NC(=O)[C@@H](N)CCc2ccccc2)C1=O. The van der Waals surface area contributed by atoms with Crippen LogP contribution in [0.25, 0.3) is 0 Å². The minimum atomic E-state index is -0.780. The number of nitrogens with one attached hydrogen (secondary N) is 1. The highest BCUT2D eigenvalue weighted by atomic mass is 16.2. The first-order valence-corrected chi connectivity index (χ1v) is 6.89. The van der Waals surface area contributed by atoms with Crippen LogP contribution in [-0.2, 0) is 20.8 Å². The van der Waals surface area contributed by atoms with Gasteiger partial charge in [-0.25, -0.2) is 0 Å². The van der Waals surface area contributed by atoms with Crippen LogP contribution < -0.4 is 11.1 Å². The van der Waals surface area contributed by atoms with Gasteiger partial charge in [-0.2, -0.15) is 0 Å². The summed E-state index contributed by atoms with van der Waals surface area (Å²) in [6.45, 7) is 0. The van der Waals surface area contributed by atoms with Gasteiger partial charge in [-0.1, -0.05) is 30.3 Å². The van der Waals surface area contributed by atoms with Crippen molar-refractivity contribution in [1.82, 2.24) is 10.2 Å². The highest BCUT2D eigenvalue weighted by molar-refractivity contribution is 6.06. The highest BCUT2D eigenvalue weighted by Crippen LogP contribution is 2.11. The molecular formula is C15H19N3O3. The topological polar surface area (TPSA) is 92.5 Å². The molecule has 0 aliphatic carbocycles. The van der Waals surface area contributed by atoms with Gasteiger partial charge in [-0.3, -0.25) is 19.3 Å². The van der Waals surface area contributed by atoms with Crippen LogP contribution in [0.1, 0.15) is 18.4 Å². The minimum absolute atomic E-state index is 0.00643. The Morgan fingerprint density at radius 1 is 1.38 bits per heavy atom. The summed E-state index contributed by atoms with van der Waals surface area (Å²) in [4.78, 5) is 36.1. The number of amides is 3. The molecule has 112 valence electrons. The predicted octanol–water partition coefficient (Wildman–Crippen LogP) is -0.180. The van der Waals surface area contributed by atoms with Crippen molar-refractivity contribution in [2.45, 2.75) is 31.3 Å². The molecule has 2 rings (SSSR count). The molecule has 0 bridgehead atoms. The minimum Gasteiger partial charge on any atom is -0.342 e. The molecule has 6 nitrogen and oxygen atoms in total. The molecule has 3 N–H and O–H groups in total. The van der Waals surface area contributed by atoms with Gasteiger partial charge < -0.3 is 11.1 Å². The molecule has 0 radical (unpaired) electrons. The number of likely N-dealkylation sites (tertiary alicyclic amines) is 1. The summed E-state index contributed by atoms with van der Waals surface area (Å²) in [7, 11) is 1.41. The maximum atomic E-state index is 12.0. The van der Waals surface area contributed by atoms with Crippen LogP contribution >= 0.6 is 0 Å². The lowest BCUT2D eigenvalue weighted by Crippen LogP contribution is -2.48. The zero-order valence-electron chi connectivity index (χ0n) is 11.9. The van der Waals surface area contributed by atoms with Crippen molar-refractivity contribution in [2.75, 3.05) is 7.05 Å². The molecule has 2 atom stereocenters. The van der Waals surface area contributed by atoms with E-state index in [4.69, 9.17) is 5.73 Å². The number of hydrogen-bond donors (Lipinski definition) is 2. The fourth-order valence-electron chi connectivity index (χ4n) is 2.24. The van der Waals surface area contributed by atoms with E-state index in [-0.39, 0.29) is 18.2 Å². The Morgan fingerprint density at radius 2 is 2.05 bits per heavy atom. The molecule has 3 amide bonds. The molecule has 1 aliphatic heterocycles. The third-order valence-electron chi connectivity index (χ3n) is 3.62. The largest absolute Gasteiger partial charge is 0.342 e. The average molecular weight is 289 g/mol. The van der Waals surface area contributed by atoms with Crippen molar-refractivity contribution >= 4 is 17.7 Å². The Morgan fingerprint density at radius 3 is 2.62 bits per heavy atom. The Labute approximate surface area is 123 Å². The zero-order valence-corrected chi connectivity index (χ0v) is 11.9. The summed E-state index contributed by atoms with van der Waals surface area (Å²) < 4.78 is 0. The van der Waals surface area contributed by atoms with Gasteiger partial charge in [0.05, 0.1) is 12.5 Å². The molecule has 1 aliphatic rings. The molecule has 1 aromatic carbocycles. The standard InChI is InChI=1S/C15H19N3O3/c1-18-13(19)9-12(15(18)21)17-14(20)11(16)8-7-10-5-3-2-4-6-10/h2-6,11-12H,7-9,16H2,1H3,(H,17,20)/t11-,12?/m0/s1. The number of imide groups is 1.